The molecule has 0 fully saturated rings. The van der Waals surface area contributed by atoms with Gasteiger partial charge < -0.3 is 29.0 Å². The van der Waals surface area contributed by atoms with Gasteiger partial charge in [-0.05, 0) is 50.9 Å². The minimum Gasteiger partial charge on any atom is -0.465 e. The molecule has 6 nitrogen and oxygen atoms in total. The van der Waals surface area contributed by atoms with Crippen LogP contribution in [0.25, 0.3) is 0 Å². The number of rotatable bonds is 10. The minimum absolute atomic E-state index is 0.0915. The number of hydrogen-bond donors (Lipinski definition) is 2. The topological polar surface area (TPSA) is 77.4 Å². The van der Waals surface area contributed by atoms with Gasteiger partial charge in [-0.3, -0.25) is 0 Å². The maximum atomic E-state index is 9.58. The van der Waals surface area contributed by atoms with Gasteiger partial charge in [-0.2, -0.15) is 0 Å². The Morgan fingerprint density at radius 3 is 2.22 bits per heavy atom. The van der Waals surface area contributed by atoms with Crippen LogP contribution in [-0.4, -0.2) is 43.0 Å². The molecule has 1 aromatic carbocycles. The number of hydrogen-bond acceptors (Lipinski definition) is 6. The molecule has 0 aliphatic carbocycles. The van der Waals surface area contributed by atoms with E-state index in [9.17, 15) is 10.0 Å². The van der Waals surface area contributed by atoms with Crippen molar-refractivity contribution >= 4 is 24.2 Å². The van der Waals surface area contributed by atoms with Crippen LogP contribution < -0.4 is 10.2 Å². The Morgan fingerprint density at radius 1 is 1.04 bits per heavy atom. The molecule has 23 heavy (non-hydrogen) atoms. The summed E-state index contributed by atoms with van der Waals surface area (Å²) in [5.74, 6) is 0.389. The van der Waals surface area contributed by atoms with Crippen molar-refractivity contribution in [2.75, 3.05) is 13.2 Å². The highest BCUT2D eigenvalue weighted by Crippen LogP contribution is 2.23. The van der Waals surface area contributed by atoms with Crippen LogP contribution in [0.5, 0.6) is 5.75 Å². The van der Waals surface area contributed by atoms with Crippen LogP contribution in [0.2, 0.25) is 5.02 Å². The summed E-state index contributed by atoms with van der Waals surface area (Å²) in [5.41, 5.74) is 0.699. The zero-order chi connectivity index (χ0) is 17.4. The number of benzene rings is 1. The Hall–Kier alpha value is -0.825. The van der Waals surface area contributed by atoms with Crippen molar-refractivity contribution in [1.29, 1.82) is 0 Å². The summed E-state index contributed by atoms with van der Waals surface area (Å²) in [6.07, 6.45) is -0.895. The van der Waals surface area contributed by atoms with Crippen LogP contribution >= 0.6 is 11.6 Å². The molecule has 8 heteroatoms. The smallest absolute Gasteiger partial charge is 0.465 e. The molecule has 0 aliphatic heterocycles. The van der Waals surface area contributed by atoms with E-state index in [2.05, 4.69) is 0 Å². The Kier molecular flexibility index (Phi) is 8.90. The first-order chi connectivity index (χ1) is 10.9. The summed E-state index contributed by atoms with van der Waals surface area (Å²) >= 11 is 6.24. The van der Waals surface area contributed by atoms with Gasteiger partial charge >= 0.3 is 7.12 Å². The highest BCUT2D eigenvalue weighted by molar-refractivity contribution is 6.59. The summed E-state index contributed by atoms with van der Waals surface area (Å²) in [6, 6.07) is 3.10. The summed E-state index contributed by atoms with van der Waals surface area (Å²) < 4.78 is 21.6. The molecule has 2 atom stereocenters. The fourth-order valence-electron chi connectivity index (χ4n) is 2.03. The molecule has 0 bridgehead atoms. The predicted molar refractivity (Wildman–Crippen MR) is 88.9 cm³/mol. The molecule has 0 aliphatic rings. The van der Waals surface area contributed by atoms with Crippen LogP contribution in [0.1, 0.15) is 33.3 Å². The molecule has 1 rings (SSSR count). The van der Waals surface area contributed by atoms with Crippen molar-refractivity contribution in [1.82, 2.24) is 0 Å². The Labute approximate surface area is 142 Å². The van der Waals surface area contributed by atoms with E-state index in [0.29, 0.717) is 29.5 Å². The van der Waals surface area contributed by atoms with Crippen LogP contribution in [0.15, 0.2) is 12.1 Å². The average Bonchev–Trinajstić information content (AvgIpc) is 2.46. The quantitative estimate of drug-likeness (QED) is 0.496. The monoisotopic (exact) mass is 346 g/mol. The van der Waals surface area contributed by atoms with Crippen molar-refractivity contribution in [2.24, 2.45) is 0 Å². The first kappa shape index (κ1) is 20.2. The minimum atomic E-state index is -1.69. The third-order valence-corrected chi connectivity index (χ3v) is 3.39. The molecule has 130 valence electrons. The van der Waals surface area contributed by atoms with E-state index in [1.165, 1.54) is 6.07 Å². The fraction of sp³-hybridized carbons (Fsp3) is 0.600. The van der Waals surface area contributed by atoms with E-state index in [1.54, 1.807) is 19.9 Å². The van der Waals surface area contributed by atoms with E-state index in [-0.39, 0.29) is 12.1 Å². The lowest BCUT2D eigenvalue weighted by molar-refractivity contribution is -0.134. The van der Waals surface area contributed by atoms with Gasteiger partial charge in [0.15, 0.2) is 12.6 Å². The maximum Gasteiger partial charge on any atom is 0.488 e. The van der Waals surface area contributed by atoms with Gasteiger partial charge in [0.25, 0.3) is 0 Å². The molecule has 0 heterocycles. The third kappa shape index (κ3) is 6.67. The van der Waals surface area contributed by atoms with Gasteiger partial charge in [0.1, 0.15) is 5.75 Å². The molecular weight excluding hydrogens is 322 g/mol. The molecule has 0 spiro atoms. The molecule has 2 N–H and O–H groups in total. The Morgan fingerprint density at radius 2 is 1.65 bits per heavy atom. The van der Waals surface area contributed by atoms with Crippen LogP contribution in [0.4, 0.5) is 0 Å². The fourth-order valence-corrected chi connectivity index (χ4v) is 2.30. The van der Waals surface area contributed by atoms with Crippen LogP contribution in [0.3, 0.4) is 0 Å². The van der Waals surface area contributed by atoms with Gasteiger partial charge in [-0.15, -0.1) is 0 Å². The highest BCUT2D eigenvalue weighted by atomic mass is 35.5. The first-order valence-corrected chi connectivity index (χ1v) is 7.96. The van der Waals surface area contributed by atoms with Gasteiger partial charge in [-0.1, -0.05) is 11.6 Å². The van der Waals surface area contributed by atoms with E-state index in [0.717, 1.165) is 0 Å². The molecule has 0 amide bonds. The lowest BCUT2D eigenvalue weighted by Crippen LogP contribution is -2.34. The second-order valence-electron chi connectivity index (χ2n) is 4.82. The van der Waals surface area contributed by atoms with Crippen molar-refractivity contribution in [2.45, 2.75) is 46.9 Å². The van der Waals surface area contributed by atoms with Crippen molar-refractivity contribution in [3.8, 4) is 5.75 Å². The Balaban J connectivity index is 2.93. The van der Waals surface area contributed by atoms with E-state index in [1.807, 2.05) is 13.8 Å². The van der Waals surface area contributed by atoms with Crippen LogP contribution in [0, 0.1) is 0 Å². The Bertz CT molecular complexity index is 485. The van der Waals surface area contributed by atoms with E-state index < -0.39 is 19.7 Å². The van der Waals surface area contributed by atoms with Gasteiger partial charge in [-0.25, -0.2) is 0 Å². The molecule has 0 aromatic heterocycles. The average molecular weight is 347 g/mol. The summed E-state index contributed by atoms with van der Waals surface area (Å²) in [6.45, 7) is 8.34. The molecule has 0 saturated heterocycles. The first-order valence-electron chi connectivity index (χ1n) is 7.58. The molecule has 1 aromatic rings. The van der Waals surface area contributed by atoms with Crippen LogP contribution in [-0.2, 0) is 20.8 Å². The molecule has 2 unspecified atom stereocenters. The SMILES string of the molecule is CCOC(C)OCc1c(Cl)cc(OC(C)OCC)cc1B(O)O. The highest BCUT2D eigenvalue weighted by Gasteiger charge is 2.21. The van der Waals surface area contributed by atoms with E-state index >= 15 is 0 Å². The maximum absolute atomic E-state index is 9.58. The number of ether oxygens (including phenoxy) is 4. The zero-order valence-electron chi connectivity index (χ0n) is 13.9. The lowest BCUT2D eigenvalue weighted by atomic mass is 9.77. The summed E-state index contributed by atoms with van der Waals surface area (Å²) in [7, 11) is -1.69. The van der Waals surface area contributed by atoms with Gasteiger partial charge in [0, 0.05) is 18.2 Å². The standard InChI is InChI=1S/C15H24BClO6/c1-5-20-10(3)22-9-13-14(16(18)19)7-12(8-15(13)17)23-11(4)21-6-2/h7-8,10-11,18-19H,5-6,9H2,1-4H3. The van der Waals surface area contributed by atoms with Gasteiger partial charge in [0.05, 0.1) is 6.61 Å². The molecule has 0 radical (unpaired) electrons. The second-order valence-corrected chi connectivity index (χ2v) is 5.23. The predicted octanol–water partition coefficient (Wildman–Crippen LogP) is 1.68. The number of halogens is 1. The largest absolute Gasteiger partial charge is 0.488 e. The van der Waals surface area contributed by atoms with E-state index in [4.69, 9.17) is 30.5 Å². The van der Waals surface area contributed by atoms with Crippen molar-refractivity contribution in [3.63, 3.8) is 0 Å². The molecule has 0 saturated carbocycles. The second kappa shape index (κ2) is 10.1. The van der Waals surface area contributed by atoms with Gasteiger partial charge in [0.2, 0.25) is 0 Å². The third-order valence-electron chi connectivity index (χ3n) is 3.05. The molecular formula is C15H24BClO6. The normalized spacial score (nSPS) is 13.7. The van der Waals surface area contributed by atoms with Crippen molar-refractivity contribution in [3.05, 3.63) is 22.7 Å². The summed E-state index contributed by atoms with van der Waals surface area (Å²) in [5, 5.41) is 19.5. The van der Waals surface area contributed by atoms with Crippen molar-refractivity contribution < 1.29 is 29.0 Å². The zero-order valence-corrected chi connectivity index (χ0v) is 14.7. The lowest BCUT2D eigenvalue weighted by Gasteiger charge is -2.19. The summed E-state index contributed by atoms with van der Waals surface area (Å²) in [4.78, 5) is 0.